The second kappa shape index (κ2) is 15.3. The molecule has 8 atom stereocenters. The van der Waals surface area contributed by atoms with E-state index in [-0.39, 0.29) is 59.5 Å². The number of thiophene rings is 1. The molecule has 1 aromatic rings. The van der Waals surface area contributed by atoms with Crippen LogP contribution < -0.4 is 10.6 Å². The van der Waals surface area contributed by atoms with Crippen LogP contribution in [-0.4, -0.2) is 123 Å². The number of hydrogen-bond acceptors (Lipinski definition) is 11. The number of carboxylic acids is 2. The number of fused-ring (bicyclic) bond motifs is 1. The first-order valence-corrected chi connectivity index (χ1v) is 16.9. The molecule has 3 amide bonds. The Hall–Kier alpha value is -2.96. The lowest BCUT2D eigenvalue weighted by atomic mass is 9.72. The molecule has 0 spiro atoms. The maximum atomic E-state index is 12.3. The van der Waals surface area contributed by atoms with Crippen LogP contribution in [0.5, 0.6) is 0 Å². The monoisotopic (exact) mass is 680 g/mol. The number of aliphatic hydroxyl groups is 1. The first kappa shape index (κ1) is 35.9. The molecule has 0 aliphatic carbocycles. The van der Waals surface area contributed by atoms with Crippen LogP contribution in [0.15, 0.2) is 28.1 Å². The summed E-state index contributed by atoms with van der Waals surface area (Å²) in [7, 11) is 2.27. The summed E-state index contributed by atoms with van der Waals surface area (Å²) in [4.78, 5) is 63.1. The van der Waals surface area contributed by atoms with Crippen molar-refractivity contribution in [1.82, 2.24) is 20.4 Å². The van der Waals surface area contributed by atoms with Crippen LogP contribution in [0.4, 0.5) is 0 Å². The number of nitrogens with zero attached hydrogens (tertiary/aromatic N) is 2. The largest absolute Gasteiger partial charge is 0.481 e. The van der Waals surface area contributed by atoms with Crippen molar-refractivity contribution in [1.29, 1.82) is 0 Å². The molecule has 4 aliphatic rings. The zero-order valence-corrected chi connectivity index (χ0v) is 27.8. The van der Waals surface area contributed by atoms with E-state index in [9.17, 15) is 39.2 Å². The number of carboxylic acid groups (broad SMARTS) is 2. The highest BCUT2D eigenvalue weighted by Gasteiger charge is 2.60. The minimum atomic E-state index is -1.15. The third kappa shape index (κ3) is 8.12. The van der Waals surface area contributed by atoms with E-state index in [1.807, 2.05) is 24.4 Å². The van der Waals surface area contributed by atoms with Crippen molar-refractivity contribution in [2.45, 2.75) is 81.4 Å². The van der Waals surface area contributed by atoms with Crippen LogP contribution >= 0.6 is 23.1 Å². The molecular formula is C29H41BN4O10S2. The number of amides is 3. The maximum absolute atomic E-state index is 12.3. The summed E-state index contributed by atoms with van der Waals surface area (Å²) < 4.78 is 5.21. The average molecular weight is 681 g/mol. The SMILES string of the molecule is CC(O)C1C(=O)N2C(C(=O)O)=C(SC3CNC(C(=O)N(C)C)C3)C(C)C12.O=C(O)CC1CCC(NC(=O)Cc2cccs2)B(O)O1. The van der Waals surface area contributed by atoms with Gasteiger partial charge in [0.25, 0.3) is 0 Å². The summed E-state index contributed by atoms with van der Waals surface area (Å²) in [6, 6.07) is 3.19. The molecule has 0 radical (unpaired) electrons. The lowest BCUT2D eigenvalue weighted by Gasteiger charge is -2.46. The number of hydrogen-bond donors (Lipinski definition) is 6. The number of thioether (sulfide) groups is 1. The highest BCUT2D eigenvalue weighted by molar-refractivity contribution is 8.03. The number of aliphatic hydroxyl groups excluding tert-OH is 1. The molecule has 5 rings (SSSR count). The second-order valence-corrected chi connectivity index (χ2v) is 14.6. The minimum Gasteiger partial charge on any atom is -0.481 e. The molecule has 46 heavy (non-hydrogen) atoms. The van der Waals surface area contributed by atoms with Gasteiger partial charge in [-0.3, -0.25) is 19.2 Å². The maximum Gasteiger partial charge on any atom is 0.478 e. The number of carbonyl (C=O) groups is 5. The molecule has 0 bridgehead atoms. The van der Waals surface area contributed by atoms with E-state index in [2.05, 4.69) is 10.6 Å². The molecule has 252 valence electrons. The Labute approximate surface area is 275 Å². The van der Waals surface area contributed by atoms with Crippen LogP contribution in [0, 0.1) is 11.8 Å². The molecule has 6 N–H and O–H groups in total. The highest BCUT2D eigenvalue weighted by atomic mass is 32.2. The Bertz CT molecular complexity index is 1340. The summed E-state index contributed by atoms with van der Waals surface area (Å²) in [5.41, 5.74) is 0.0387. The molecule has 8 unspecified atom stereocenters. The molecular weight excluding hydrogens is 639 g/mol. The summed E-state index contributed by atoms with van der Waals surface area (Å²) in [5.74, 6) is -3.74. The lowest BCUT2D eigenvalue weighted by Crippen LogP contribution is -2.63. The Balaban J connectivity index is 0.000000216. The fourth-order valence-electron chi connectivity index (χ4n) is 6.34. The summed E-state index contributed by atoms with van der Waals surface area (Å²) in [6.45, 7) is 4.08. The molecule has 3 saturated heterocycles. The van der Waals surface area contributed by atoms with Gasteiger partial charge in [-0.05, 0) is 37.6 Å². The minimum absolute atomic E-state index is 0.00757. The van der Waals surface area contributed by atoms with E-state index < -0.39 is 43.1 Å². The van der Waals surface area contributed by atoms with Gasteiger partial charge in [0.05, 0.1) is 49.0 Å². The van der Waals surface area contributed by atoms with Crippen molar-refractivity contribution in [2.75, 3.05) is 20.6 Å². The molecule has 4 aliphatic heterocycles. The Morgan fingerprint density at radius 1 is 1.26 bits per heavy atom. The van der Waals surface area contributed by atoms with Gasteiger partial charge in [-0.1, -0.05) is 13.0 Å². The van der Waals surface area contributed by atoms with Crippen LogP contribution in [0.3, 0.4) is 0 Å². The number of likely N-dealkylation sites (N-methyl/N-ethyl adjacent to an activating group) is 1. The molecule has 5 heterocycles. The van der Waals surface area contributed by atoms with E-state index in [1.165, 1.54) is 28.0 Å². The molecule has 1 aromatic heterocycles. The third-order valence-electron chi connectivity index (χ3n) is 8.57. The average Bonchev–Trinajstić information content (AvgIpc) is 3.70. The Morgan fingerprint density at radius 3 is 2.54 bits per heavy atom. The number of aliphatic carboxylic acids is 2. The topological polar surface area (TPSA) is 206 Å². The predicted molar refractivity (Wildman–Crippen MR) is 170 cm³/mol. The van der Waals surface area contributed by atoms with E-state index in [0.29, 0.717) is 30.7 Å². The number of carbonyl (C=O) groups excluding carboxylic acids is 3. The Morgan fingerprint density at radius 2 is 1.98 bits per heavy atom. The van der Waals surface area contributed by atoms with Crippen LogP contribution in [0.2, 0.25) is 0 Å². The van der Waals surface area contributed by atoms with Gasteiger partial charge in [0.15, 0.2) is 0 Å². The van der Waals surface area contributed by atoms with Crippen LogP contribution in [-0.2, 0) is 35.0 Å². The molecule has 0 saturated carbocycles. The Kier molecular flexibility index (Phi) is 11.9. The van der Waals surface area contributed by atoms with Gasteiger partial charge in [0.1, 0.15) is 5.70 Å². The normalized spacial score (nSPS) is 29.3. The third-order valence-corrected chi connectivity index (χ3v) is 11.0. The fraction of sp³-hybridized carbons (Fsp3) is 0.621. The smallest absolute Gasteiger partial charge is 0.478 e. The lowest BCUT2D eigenvalue weighted by molar-refractivity contribution is -0.163. The quantitative estimate of drug-likeness (QED) is 0.144. The zero-order valence-electron chi connectivity index (χ0n) is 26.1. The van der Waals surface area contributed by atoms with E-state index in [1.54, 1.807) is 25.9 Å². The first-order chi connectivity index (χ1) is 21.7. The summed E-state index contributed by atoms with van der Waals surface area (Å²) in [5, 5.41) is 45.9. The number of rotatable bonds is 10. The molecule has 17 heteroatoms. The van der Waals surface area contributed by atoms with Crippen molar-refractivity contribution < 1.29 is 49.0 Å². The van der Waals surface area contributed by atoms with Gasteiger partial charge in [-0.25, -0.2) is 4.79 Å². The molecule has 0 aromatic carbocycles. The molecule has 3 fully saturated rings. The van der Waals surface area contributed by atoms with Gasteiger partial charge in [0.2, 0.25) is 17.7 Å². The highest BCUT2D eigenvalue weighted by Crippen LogP contribution is 2.51. The van der Waals surface area contributed by atoms with Gasteiger partial charge in [-0.2, -0.15) is 0 Å². The van der Waals surface area contributed by atoms with Crippen molar-refractivity contribution in [3.05, 3.63) is 33.0 Å². The summed E-state index contributed by atoms with van der Waals surface area (Å²) >= 11 is 2.95. The van der Waals surface area contributed by atoms with Crippen molar-refractivity contribution in [2.24, 2.45) is 11.8 Å². The van der Waals surface area contributed by atoms with Gasteiger partial charge in [-0.15, -0.1) is 23.1 Å². The van der Waals surface area contributed by atoms with Crippen LogP contribution in [0.25, 0.3) is 0 Å². The van der Waals surface area contributed by atoms with Crippen molar-refractivity contribution in [3.8, 4) is 0 Å². The zero-order chi connectivity index (χ0) is 33.9. The van der Waals surface area contributed by atoms with E-state index >= 15 is 0 Å². The van der Waals surface area contributed by atoms with Crippen LogP contribution in [0.1, 0.15) is 44.4 Å². The predicted octanol–water partition coefficient (Wildman–Crippen LogP) is 0.141. The number of β-lactam (4-membered cyclic amide) rings is 1. The van der Waals surface area contributed by atoms with Crippen molar-refractivity contribution in [3.63, 3.8) is 0 Å². The first-order valence-electron chi connectivity index (χ1n) is 15.2. The van der Waals surface area contributed by atoms with Gasteiger partial charge < -0.3 is 45.4 Å². The molecule has 14 nitrogen and oxygen atoms in total. The number of nitrogens with one attached hydrogen (secondary N) is 2. The summed E-state index contributed by atoms with van der Waals surface area (Å²) in [6.07, 6.45) is 0.479. The van der Waals surface area contributed by atoms with Crippen molar-refractivity contribution >= 4 is 59.9 Å². The van der Waals surface area contributed by atoms with E-state index in [0.717, 1.165) is 4.88 Å². The fourth-order valence-corrected chi connectivity index (χ4v) is 8.52. The van der Waals surface area contributed by atoms with Gasteiger partial charge in [0, 0.05) is 41.6 Å². The standard InChI is InChI=1S/C17H25N3O5S.C12H16BNO5S/c1-7-12-11(8(2)21)16(23)20(12)13(17(24)25)14(7)26-9-5-10(18-6-9)15(22)19(3)4;15-11(7-9-2-1-5-20-9)14-10-4-3-8(6-12(16)17)19-13(10)18/h7-12,18,21H,5-6H2,1-4H3,(H,24,25);1-2,5,8,10,18H,3-4,6-7H2,(H,14,15)(H,16,17). The van der Waals surface area contributed by atoms with Gasteiger partial charge >= 0.3 is 19.1 Å². The van der Waals surface area contributed by atoms with E-state index in [4.69, 9.17) is 9.76 Å². The second-order valence-electron chi connectivity index (χ2n) is 12.2.